The van der Waals surface area contributed by atoms with Gasteiger partial charge in [-0.15, -0.1) is 0 Å². The van der Waals surface area contributed by atoms with Gasteiger partial charge in [0.05, 0.1) is 0 Å². The summed E-state index contributed by atoms with van der Waals surface area (Å²) in [5, 5.41) is 2.84. The van der Waals surface area contributed by atoms with Crippen molar-refractivity contribution < 1.29 is 14.3 Å². The number of rotatable bonds is 6. The summed E-state index contributed by atoms with van der Waals surface area (Å²) in [5.41, 5.74) is 0.180. The van der Waals surface area contributed by atoms with Crippen LogP contribution in [0, 0.1) is 11.3 Å². The quantitative estimate of drug-likeness (QED) is 0.795. The van der Waals surface area contributed by atoms with Gasteiger partial charge in [-0.25, -0.2) is 0 Å². The molecule has 1 aliphatic carbocycles. The van der Waals surface area contributed by atoms with E-state index in [1.165, 1.54) is 0 Å². The Labute approximate surface area is 121 Å². The molecule has 1 heterocycles. The van der Waals surface area contributed by atoms with Crippen LogP contribution in [0.2, 0.25) is 0 Å². The second-order valence-corrected chi connectivity index (χ2v) is 6.62. The van der Waals surface area contributed by atoms with Crippen LogP contribution in [0.3, 0.4) is 0 Å². The Bertz CT molecular complexity index is 391. The Morgan fingerprint density at radius 1 is 1.40 bits per heavy atom. The van der Waals surface area contributed by atoms with Crippen LogP contribution >= 0.6 is 0 Å². The number of ether oxygens (including phenoxy) is 1. The summed E-state index contributed by atoms with van der Waals surface area (Å²) < 4.78 is 5.16. The maximum Gasteiger partial charge on any atom is 0.246 e. The highest BCUT2D eigenvalue weighted by Crippen LogP contribution is 2.49. The van der Waals surface area contributed by atoms with E-state index in [4.69, 9.17) is 4.74 Å². The molecular formula is C15H26N2O3. The molecule has 0 aromatic rings. The van der Waals surface area contributed by atoms with Gasteiger partial charge in [0.15, 0.2) is 0 Å². The Morgan fingerprint density at radius 2 is 2.05 bits per heavy atom. The van der Waals surface area contributed by atoms with Crippen LogP contribution in [-0.2, 0) is 14.3 Å². The highest BCUT2D eigenvalue weighted by atomic mass is 16.5. The molecule has 2 aliphatic rings. The third-order valence-corrected chi connectivity index (χ3v) is 4.66. The topological polar surface area (TPSA) is 58.6 Å². The fourth-order valence-corrected chi connectivity index (χ4v) is 2.86. The Morgan fingerprint density at radius 3 is 2.55 bits per heavy atom. The van der Waals surface area contributed by atoms with Crippen LogP contribution in [0.5, 0.6) is 0 Å². The summed E-state index contributed by atoms with van der Waals surface area (Å²) in [6, 6.07) is -0.741. The molecule has 2 unspecified atom stereocenters. The molecule has 1 aliphatic heterocycles. The lowest BCUT2D eigenvalue weighted by molar-refractivity contribution is -0.151. The summed E-state index contributed by atoms with van der Waals surface area (Å²) in [6.07, 6.45) is 3.22. The highest BCUT2D eigenvalue weighted by Gasteiger charge is 2.48. The molecule has 0 spiro atoms. The maximum atomic E-state index is 12.6. The standard InChI is InChI=1S/C15H26N2O3/c1-10(2)12-14(19)17(11(3)13(18)16-12)9-15(5-6-15)7-8-20-4/h10-12H,5-9H2,1-4H3,(H,16,18). The zero-order valence-electron chi connectivity index (χ0n) is 12.9. The first-order chi connectivity index (χ1) is 9.40. The third kappa shape index (κ3) is 2.97. The van der Waals surface area contributed by atoms with Gasteiger partial charge in [-0.05, 0) is 37.5 Å². The summed E-state index contributed by atoms with van der Waals surface area (Å²) >= 11 is 0. The Hall–Kier alpha value is -1.10. The first-order valence-corrected chi connectivity index (χ1v) is 7.50. The van der Waals surface area contributed by atoms with Gasteiger partial charge in [0.2, 0.25) is 11.8 Å². The number of nitrogens with zero attached hydrogens (tertiary/aromatic N) is 1. The monoisotopic (exact) mass is 282 g/mol. The number of carbonyl (C=O) groups excluding carboxylic acids is 2. The third-order valence-electron chi connectivity index (χ3n) is 4.66. The van der Waals surface area contributed by atoms with Crippen molar-refractivity contribution >= 4 is 11.8 Å². The van der Waals surface area contributed by atoms with Gasteiger partial charge in [-0.2, -0.15) is 0 Å². The molecule has 1 saturated carbocycles. The second kappa shape index (κ2) is 5.72. The van der Waals surface area contributed by atoms with Crippen molar-refractivity contribution in [2.24, 2.45) is 11.3 Å². The predicted molar refractivity (Wildman–Crippen MR) is 76.1 cm³/mol. The van der Waals surface area contributed by atoms with E-state index in [-0.39, 0.29) is 35.2 Å². The number of amides is 2. The van der Waals surface area contributed by atoms with Gasteiger partial charge in [0.25, 0.3) is 0 Å². The smallest absolute Gasteiger partial charge is 0.246 e. The van der Waals surface area contributed by atoms with Crippen LogP contribution in [0.1, 0.15) is 40.0 Å². The van der Waals surface area contributed by atoms with E-state index in [0.29, 0.717) is 6.54 Å². The van der Waals surface area contributed by atoms with Gasteiger partial charge in [-0.1, -0.05) is 13.8 Å². The minimum absolute atomic E-state index is 0.0363. The number of nitrogens with one attached hydrogen (secondary N) is 1. The summed E-state index contributed by atoms with van der Waals surface area (Å²) in [5.74, 6) is 0.150. The SMILES string of the molecule is COCCC1(CN2C(=O)C(C(C)C)NC(=O)C2C)CC1. The van der Waals surface area contributed by atoms with Crippen LogP contribution in [-0.4, -0.2) is 49.1 Å². The lowest BCUT2D eigenvalue weighted by Gasteiger charge is -2.40. The molecule has 2 fully saturated rings. The van der Waals surface area contributed by atoms with Crippen LogP contribution in [0.4, 0.5) is 0 Å². The van der Waals surface area contributed by atoms with Crippen molar-refractivity contribution in [3.05, 3.63) is 0 Å². The molecule has 1 saturated heterocycles. The number of hydrogen-bond donors (Lipinski definition) is 1. The van der Waals surface area contributed by atoms with Crippen molar-refractivity contribution in [3.8, 4) is 0 Å². The molecule has 0 aromatic carbocycles. The fourth-order valence-electron chi connectivity index (χ4n) is 2.86. The lowest BCUT2D eigenvalue weighted by atomic mass is 9.95. The van der Waals surface area contributed by atoms with Crippen molar-refractivity contribution in [3.63, 3.8) is 0 Å². The Balaban J connectivity index is 2.08. The zero-order valence-corrected chi connectivity index (χ0v) is 12.9. The van der Waals surface area contributed by atoms with Gasteiger partial charge >= 0.3 is 0 Å². The maximum absolute atomic E-state index is 12.6. The largest absolute Gasteiger partial charge is 0.385 e. The van der Waals surface area contributed by atoms with E-state index in [1.54, 1.807) is 12.0 Å². The van der Waals surface area contributed by atoms with Gasteiger partial charge in [0.1, 0.15) is 12.1 Å². The van der Waals surface area contributed by atoms with Gasteiger partial charge in [0, 0.05) is 20.3 Å². The molecule has 0 bridgehead atoms. The lowest BCUT2D eigenvalue weighted by Crippen LogP contribution is -2.64. The second-order valence-electron chi connectivity index (χ2n) is 6.62. The van der Waals surface area contributed by atoms with Crippen molar-refractivity contribution in [1.82, 2.24) is 10.2 Å². The first-order valence-electron chi connectivity index (χ1n) is 7.50. The van der Waals surface area contributed by atoms with Crippen molar-refractivity contribution in [2.75, 3.05) is 20.3 Å². The molecule has 2 atom stereocenters. The minimum Gasteiger partial charge on any atom is -0.385 e. The molecular weight excluding hydrogens is 256 g/mol. The van der Waals surface area contributed by atoms with Gasteiger partial charge in [-0.3, -0.25) is 9.59 Å². The Kier molecular flexibility index (Phi) is 4.37. The van der Waals surface area contributed by atoms with Crippen LogP contribution < -0.4 is 5.32 Å². The summed E-state index contributed by atoms with van der Waals surface area (Å²) in [6.45, 7) is 7.16. The molecule has 0 aromatic heterocycles. The normalized spacial score (nSPS) is 28.8. The van der Waals surface area contributed by atoms with Crippen LogP contribution in [0.25, 0.3) is 0 Å². The summed E-state index contributed by atoms with van der Waals surface area (Å²) in [7, 11) is 1.70. The number of piperazine rings is 1. The highest BCUT2D eigenvalue weighted by molar-refractivity contribution is 5.96. The molecule has 5 nitrogen and oxygen atoms in total. The zero-order chi connectivity index (χ0) is 14.9. The van der Waals surface area contributed by atoms with Crippen molar-refractivity contribution in [1.29, 1.82) is 0 Å². The minimum atomic E-state index is -0.378. The van der Waals surface area contributed by atoms with Crippen LogP contribution in [0.15, 0.2) is 0 Å². The predicted octanol–water partition coefficient (Wildman–Crippen LogP) is 1.17. The molecule has 114 valence electrons. The molecule has 1 N–H and O–H groups in total. The van der Waals surface area contributed by atoms with E-state index in [1.807, 2.05) is 20.8 Å². The van der Waals surface area contributed by atoms with E-state index >= 15 is 0 Å². The molecule has 2 rings (SSSR count). The number of carbonyl (C=O) groups is 2. The average molecular weight is 282 g/mol. The molecule has 5 heteroatoms. The average Bonchev–Trinajstić information content (AvgIpc) is 3.16. The number of hydrogen-bond acceptors (Lipinski definition) is 3. The number of methoxy groups -OCH3 is 1. The van der Waals surface area contributed by atoms with E-state index in [0.717, 1.165) is 25.9 Å². The summed E-state index contributed by atoms with van der Waals surface area (Å²) in [4.78, 5) is 26.4. The first kappa shape index (κ1) is 15.3. The fraction of sp³-hybridized carbons (Fsp3) is 0.867. The molecule has 0 radical (unpaired) electrons. The van der Waals surface area contributed by atoms with Gasteiger partial charge < -0.3 is 15.0 Å². The molecule has 20 heavy (non-hydrogen) atoms. The van der Waals surface area contributed by atoms with Crippen molar-refractivity contribution in [2.45, 2.75) is 52.1 Å². The molecule has 2 amide bonds. The van der Waals surface area contributed by atoms with E-state index < -0.39 is 0 Å². The van der Waals surface area contributed by atoms with E-state index in [9.17, 15) is 9.59 Å². The van der Waals surface area contributed by atoms with E-state index in [2.05, 4.69) is 5.32 Å².